The molecule has 1 aromatic carbocycles. The molecule has 1 saturated heterocycles. The fraction of sp³-hybridized carbons (Fsp3) is 0.500. The van der Waals surface area contributed by atoms with Gasteiger partial charge in [-0.05, 0) is 38.7 Å². The fourth-order valence-electron chi connectivity index (χ4n) is 2.25. The molecule has 2 rings (SSSR count). The summed E-state index contributed by atoms with van der Waals surface area (Å²) >= 11 is 0. The molecular formula is C16H23BN2O5. The van der Waals surface area contributed by atoms with Gasteiger partial charge in [0.05, 0.1) is 17.7 Å². The maximum absolute atomic E-state index is 11.5. The lowest BCUT2D eigenvalue weighted by atomic mass is 9.78. The van der Waals surface area contributed by atoms with Gasteiger partial charge in [0.2, 0.25) is 5.91 Å². The van der Waals surface area contributed by atoms with E-state index in [1.54, 1.807) is 0 Å². The summed E-state index contributed by atoms with van der Waals surface area (Å²) in [6.45, 7) is 8.00. The van der Waals surface area contributed by atoms with Gasteiger partial charge in [-0.25, -0.2) is 4.79 Å². The van der Waals surface area contributed by atoms with Crippen LogP contribution in [0, 0.1) is 0 Å². The smallest absolute Gasteiger partial charge is 0.465 e. The van der Waals surface area contributed by atoms with Crippen LogP contribution in [0.25, 0.3) is 0 Å². The fourth-order valence-corrected chi connectivity index (χ4v) is 2.25. The summed E-state index contributed by atoms with van der Waals surface area (Å²) in [7, 11) is -0.459. The maximum Gasteiger partial charge on any atom is 0.494 e. The number of rotatable bonds is 5. The van der Waals surface area contributed by atoms with E-state index in [1.807, 2.05) is 57.3 Å². The molecule has 0 aliphatic carbocycles. The molecule has 1 aliphatic rings. The summed E-state index contributed by atoms with van der Waals surface area (Å²) in [6, 6.07) is 7.57. The van der Waals surface area contributed by atoms with Gasteiger partial charge in [0, 0.05) is 6.54 Å². The molecule has 1 aromatic rings. The number of carboxylic acid groups (broad SMARTS) is 1. The van der Waals surface area contributed by atoms with Gasteiger partial charge in [0.1, 0.15) is 0 Å². The highest BCUT2D eigenvalue weighted by atomic mass is 16.7. The summed E-state index contributed by atoms with van der Waals surface area (Å²) in [5, 5.41) is 13.1. The Morgan fingerprint density at radius 2 is 1.75 bits per heavy atom. The molecule has 0 atom stereocenters. The van der Waals surface area contributed by atoms with Crippen LogP contribution in [0.3, 0.4) is 0 Å². The standard InChI is InChI=1S/C16H23BN2O5/c1-15(2)16(3,4)24-17(23-15)12-7-5-6-11(8-12)9-18-13(20)10-19-14(21)22/h5-8,19H,9-10H2,1-4H3,(H,18,20)(H,21,22). The average molecular weight is 334 g/mol. The van der Waals surface area contributed by atoms with Crippen LogP contribution < -0.4 is 16.1 Å². The average Bonchev–Trinajstić information content (AvgIpc) is 2.71. The van der Waals surface area contributed by atoms with Crippen molar-refractivity contribution in [2.75, 3.05) is 6.54 Å². The molecule has 0 aromatic heterocycles. The minimum atomic E-state index is -1.23. The normalized spacial score (nSPS) is 18.2. The molecule has 2 amide bonds. The van der Waals surface area contributed by atoms with Crippen molar-refractivity contribution in [3.63, 3.8) is 0 Å². The van der Waals surface area contributed by atoms with Crippen molar-refractivity contribution in [2.24, 2.45) is 0 Å². The van der Waals surface area contributed by atoms with E-state index in [0.717, 1.165) is 11.0 Å². The Balaban J connectivity index is 1.97. The van der Waals surface area contributed by atoms with Crippen LogP contribution in [0.1, 0.15) is 33.3 Å². The third-order valence-corrected chi connectivity index (χ3v) is 4.37. The lowest BCUT2D eigenvalue weighted by Crippen LogP contribution is -2.41. The SMILES string of the molecule is CC1(C)OB(c2cccc(CNC(=O)CNC(=O)O)c2)OC1(C)C. The van der Waals surface area contributed by atoms with Crippen molar-refractivity contribution in [2.45, 2.75) is 45.4 Å². The van der Waals surface area contributed by atoms with Crippen molar-refractivity contribution in [1.82, 2.24) is 10.6 Å². The molecule has 0 unspecified atom stereocenters. The predicted octanol–water partition coefficient (Wildman–Crippen LogP) is 0.870. The van der Waals surface area contributed by atoms with Gasteiger partial charge in [-0.2, -0.15) is 0 Å². The van der Waals surface area contributed by atoms with Crippen LogP contribution in [0.4, 0.5) is 4.79 Å². The zero-order valence-corrected chi connectivity index (χ0v) is 14.4. The Morgan fingerprint density at radius 3 is 2.33 bits per heavy atom. The molecule has 3 N–H and O–H groups in total. The second-order valence-electron chi connectivity index (χ2n) is 6.77. The van der Waals surface area contributed by atoms with E-state index in [9.17, 15) is 9.59 Å². The van der Waals surface area contributed by atoms with Gasteiger partial charge >= 0.3 is 13.2 Å². The molecule has 0 bridgehead atoms. The predicted molar refractivity (Wildman–Crippen MR) is 90.0 cm³/mol. The topological polar surface area (TPSA) is 96.9 Å². The van der Waals surface area contributed by atoms with Crippen LogP contribution in [-0.2, 0) is 20.6 Å². The first-order valence-electron chi connectivity index (χ1n) is 7.79. The second kappa shape index (κ2) is 6.82. The molecule has 0 radical (unpaired) electrons. The summed E-state index contributed by atoms with van der Waals surface area (Å²) in [4.78, 5) is 21.9. The number of carbonyl (C=O) groups excluding carboxylic acids is 1. The Kier molecular flexibility index (Phi) is 5.20. The molecule has 24 heavy (non-hydrogen) atoms. The highest BCUT2D eigenvalue weighted by Crippen LogP contribution is 2.36. The van der Waals surface area contributed by atoms with E-state index in [4.69, 9.17) is 14.4 Å². The van der Waals surface area contributed by atoms with E-state index < -0.39 is 30.3 Å². The van der Waals surface area contributed by atoms with Gasteiger partial charge in [-0.1, -0.05) is 24.3 Å². The van der Waals surface area contributed by atoms with Gasteiger partial charge < -0.3 is 25.0 Å². The van der Waals surface area contributed by atoms with Gasteiger partial charge in [0.25, 0.3) is 0 Å². The molecule has 0 saturated carbocycles. The minimum Gasteiger partial charge on any atom is -0.465 e. The van der Waals surface area contributed by atoms with Crippen LogP contribution in [-0.4, -0.2) is 42.0 Å². The largest absolute Gasteiger partial charge is 0.494 e. The third-order valence-electron chi connectivity index (χ3n) is 4.37. The number of hydrogen-bond donors (Lipinski definition) is 3. The molecule has 1 fully saturated rings. The molecule has 1 heterocycles. The zero-order valence-electron chi connectivity index (χ0n) is 14.4. The monoisotopic (exact) mass is 334 g/mol. The van der Waals surface area contributed by atoms with E-state index in [2.05, 4.69) is 5.32 Å². The van der Waals surface area contributed by atoms with Crippen molar-refractivity contribution in [3.8, 4) is 0 Å². The van der Waals surface area contributed by atoms with E-state index in [-0.39, 0.29) is 6.54 Å². The number of hydrogen-bond acceptors (Lipinski definition) is 4. The van der Waals surface area contributed by atoms with E-state index >= 15 is 0 Å². The quantitative estimate of drug-likeness (QED) is 0.695. The summed E-state index contributed by atoms with van der Waals surface area (Å²) in [5.74, 6) is -0.390. The molecule has 8 heteroatoms. The minimum absolute atomic E-state index is 0.272. The lowest BCUT2D eigenvalue weighted by molar-refractivity contribution is -0.120. The summed E-state index contributed by atoms with van der Waals surface area (Å²) in [5.41, 5.74) is 0.935. The number of benzene rings is 1. The first kappa shape index (κ1) is 18.3. The third kappa shape index (κ3) is 4.27. The number of nitrogens with one attached hydrogen (secondary N) is 2. The van der Waals surface area contributed by atoms with Crippen LogP contribution >= 0.6 is 0 Å². The highest BCUT2D eigenvalue weighted by Gasteiger charge is 2.51. The van der Waals surface area contributed by atoms with Crippen molar-refractivity contribution in [3.05, 3.63) is 29.8 Å². The molecule has 130 valence electrons. The van der Waals surface area contributed by atoms with Crippen molar-refractivity contribution >= 4 is 24.6 Å². The number of carbonyl (C=O) groups is 2. The first-order valence-corrected chi connectivity index (χ1v) is 7.79. The van der Waals surface area contributed by atoms with Crippen molar-refractivity contribution in [1.29, 1.82) is 0 Å². The first-order chi connectivity index (χ1) is 11.1. The van der Waals surface area contributed by atoms with Gasteiger partial charge in [-0.15, -0.1) is 0 Å². The van der Waals surface area contributed by atoms with Crippen LogP contribution in [0.2, 0.25) is 0 Å². The van der Waals surface area contributed by atoms with Crippen LogP contribution in [0.15, 0.2) is 24.3 Å². The molecule has 0 spiro atoms. The Labute approximate surface area is 141 Å². The van der Waals surface area contributed by atoms with Gasteiger partial charge in [-0.3, -0.25) is 4.79 Å². The molecular weight excluding hydrogens is 311 g/mol. The summed E-state index contributed by atoms with van der Waals surface area (Å²) < 4.78 is 12.0. The van der Waals surface area contributed by atoms with Gasteiger partial charge in [0.15, 0.2) is 0 Å². The Bertz CT molecular complexity index is 617. The van der Waals surface area contributed by atoms with Crippen molar-refractivity contribution < 1.29 is 24.0 Å². The molecule has 1 aliphatic heterocycles. The molecule has 7 nitrogen and oxygen atoms in total. The highest BCUT2D eigenvalue weighted by molar-refractivity contribution is 6.62. The number of amides is 2. The zero-order chi connectivity index (χ0) is 18.0. The van der Waals surface area contributed by atoms with Crippen LogP contribution in [0.5, 0.6) is 0 Å². The summed E-state index contributed by atoms with van der Waals surface area (Å²) in [6.07, 6.45) is -1.23. The lowest BCUT2D eigenvalue weighted by Gasteiger charge is -2.32. The Morgan fingerprint density at radius 1 is 1.12 bits per heavy atom. The van der Waals surface area contributed by atoms with E-state index in [0.29, 0.717) is 6.54 Å². The van der Waals surface area contributed by atoms with E-state index in [1.165, 1.54) is 0 Å². The Hall–Kier alpha value is -2.06. The second-order valence-corrected chi connectivity index (χ2v) is 6.77. The maximum atomic E-state index is 11.5.